The van der Waals surface area contributed by atoms with Crippen LogP contribution in [-0.4, -0.2) is 57.4 Å². The number of nitrogens with zero attached hydrogens (tertiary/aromatic N) is 6. The molecule has 2 heterocycles. The van der Waals surface area contributed by atoms with Crippen LogP contribution in [0.5, 0.6) is 0 Å². The van der Waals surface area contributed by atoms with Crippen LogP contribution in [0.1, 0.15) is 11.3 Å². The summed E-state index contributed by atoms with van der Waals surface area (Å²) in [4.78, 5) is 13.6. The fraction of sp³-hybridized carbons (Fsp3) is 0.357. The van der Waals surface area contributed by atoms with Gasteiger partial charge in [0.15, 0.2) is 11.5 Å². The number of nitrogens with two attached hydrogens (primary N) is 1. The first kappa shape index (κ1) is 19.2. The molecule has 0 amide bonds. The standard InChI is InChI=1S/C14H14F3N7O4/c15-14(16,17)8-1-2-9(10(7-8)24(26)27)22-3-5-23(6-4-22)13(19-25)11-12(18)21-28-20-11/h1-2,7,25H,3-6H2,(H2,18,21)/b19-13-. The molecule has 1 aromatic carbocycles. The predicted octanol–water partition coefficient (Wildman–Crippen LogP) is 1.54. The second-order valence-corrected chi connectivity index (χ2v) is 5.85. The van der Waals surface area contributed by atoms with Gasteiger partial charge in [-0.05, 0) is 22.4 Å². The van der Waals surface area contributed by atoms with Crippen LogP contribution in [0.25, 0.3) is 0 Å². The molecule has 3 N–H and O–H groups in total. The summed E-state index contributed by atoms with van der Waals surface area (Å²) in [6.07, 6.45) is -4.68. The van der Waals surface area contributed by atoms with Gasteiger partial charge < -0.3 is 20.7 Å². The first-order valence-corrected chi connectivity index (χ1v) is 7.88. The zero-order valence-electron chi connectivity index (χ0n) is 14.1. The summed E-state index contributed by atoms with van der Waals surface area (Å²) < 4.78 is 43.0. The molecule has 0 atom stereocenters. The van der Waals surface area contributed by atoms with E-state index in [9.17, 15) is 28.5 Å². The summed E-state index contributed by atoms with van der Waals surface area (Å²) in [7, 11) is 0. The third-order valence-electron chi connectivity index (χ3n) is 4.24. The van der Waals surface area contributed by atoms with E-state index in [1.165, 1.54) is 0 Å². The van der Waals surface area contributed by atoms with E-state index in [1.54, 1.807) is 9.80 Å². The number of aromatic nitrogens is 2. The van der Waals surface area contributed by atoms with Gasteiger partial charge in [0.1, 0.15) is 5.69 Å². The number of hydrogen-bond donors (Lipinski definition) is 2. The van der Waals surface area contributed by atoms with Gasteiger partial charge in [-0.1, -0.05) is 5.16 Å². The molecule has 0 saturated carbocycles. The molecule has 1 aromatic heterocycles. The fourth-order valence-corrected chi connectivity index (χ4v) is 2.88. The van der Waals surface area contributed by atoms with Crippen LogP contribution >= 0.6 is 0 Å². The topological polar surface area (TPSA) is 147 Å². The second-order valence-electron chi connectivity index (χ2n) is 5.85. The van der Waals surface area contributed by atoms with E-state index in [-0.39, 0.29) is 49.2 Å². The van der Waals surface area contributed by atoms with Crippen LogP contribution in [-0.2, 0) is 6.18 Å². The average molecular weight is 401 g/mol. The Morgan fingerprint density at radius 2 is 1.96 bits per heavy atom. The summed E-state index contributed by atoms with van der Waals surface area (Å²) in [5.41, 5.74) is 3.96. The Kier molecular flexibility index (Phi) is 4.94. The van der Waals surface area contributed by atoms with Gasteiger partial charge in [0.2, 0.25) is 5.84 Å². The van der Waals surface area contributed by atoms with Crippen LogP contribution in [0.2, 0.25) is 0 Å². The molecule has 11 nitrogen and oxygen atoms in total. The molecule has 0 bridgehead atoms. The maximum Gasteiger partial charge on any atom is 0.416 e. The van der Waals surface area contributed by atoms with Crippen molar-refractivity contribution in [2.75, 3.05) is 36.8 Å². The number of hydrogen-bond acceptors (Lipinski definition) is 9. The molecule has 0 radical (unpaired) electrons. The van der Waals surface area contributed by atoms with Gasteiger partial charge in [0.25, 0.3) is 5.69 Å². The van der Waals surface area contributed by atoms with E-state index < -0.39 is 22.4 Å². The number of halogens is 3. The maximum atomic E-state index is 12.8. The van der Waals surface area contributed by atoms with Gasteiger partial charge >= 0.3 is 6.18 Å². The predicted molar refractivity (Wildman–Crippen MR) is 88.9 cm³/mol. The van der Waals surface area contributed by atoms with Crippen LogP contribution in [0.3, 0.4) is 0 Å². The van der Waals surface area contributed by atoms with Crippen molar-refractivity contribution < 1.29 is 27.9 Å². The molecule has 1 saturated heterocycles. The van der Waals surface area contributed by atoms with Crippen molar-refractivity contribution in [3.05, 3.63) is 39.6 Å². The molecule has 3 rings (SSSR count). The number of oxime groups is 1. The summed E-state index contributed by atoms with van der Waals surface area (Å²) in [5.74, 6) is -0.0612. The smallest absolute Gasteiger partial charge is 0.409 e. The summed E-state index contributed by atoms with van der Waals surface area (Å²) >= 11 is 0. The lowest BCUT2D eigenvalue weighted by atomic mass is 10.1. The van der Waals surface area contributed by atoms with Gasteiger partial charge in [0, 0.05) is 32.2 Å². The Bertz CT molecular complexity index is 907. The van der Waals surface area contributed by atoms with Crippen molar-refractivity contribution in [2.45, 2.75) is 6.18 Å². The average Bonchev–Trinajstić information content (AvgIpc) is 3.07. The molecule has 14 heteroatoms. The highest BCUT2D eigenvalue weighted by Gasteiger charge is 2.34. The molecule has 1 aliphatic rings. The minimum atomic E-state index is -4.68. The Balaban J connectivity index is 1.80. The van der Waals surface area contributed by atoms with Crippen LogP contribution in [0.15, 0.2) is 28.0 Å². The fourth-order valence-electron chi connectivity index (χ4n) is 2.88. The van der Waals surface area contributed by atoms with Crippen molar-refractivity contribution in [3.8, 4) is 0 Å². The van der Waals surface area contributed by atoms with E-state index in [1.807, 2.05) is 0 Å². The van der Waals surface area contributed by atoms with Crippen molar-refractivity contribution in [1.29, 1.82) is 0 Å². The quantitative estimate of drug-likeness (QED) is 0.257. The summed E-state index contributed by atoms with van der Waals surface area (Å²) in [6, 6.07) is 2.40. The number of piperazine rings is 1. The lowest BCUT2D eigenvalue weighted by molar-refractivity contribution is -0.384. The zero-order valence-corrected chi connectivity index (χ0v) is 14.1. The monoisotopic (exact) mass is 401 g/mol. The molecule has 2 aromatic rings. The van der Waals surface area contributed by atoms with E-state index >= 15 is 0 Å². The number of amidine groups is 1. The third-order valence-corrected chi connectivity index (χ3v) is 4.24. The lowest BCUT2D eigenvalue weighted by Crippen LogP contribution is -2.49. The molecule has 0 spiro atoms. The Morgan fingerprint density at radius 1 is 1.29 bits per heavy atom. The molecule has 1 fully saturated rings. The molecular formula is C14H14F3N7O4. The number of rotatable bonds is 3. The highest BCUT2D eigenvalue weighted by molar-refractivity contribution is 6.00. The van der Waals surface area contributed by atoms with Crippen molar-refractivity contribution in [1.82, 2.24) is 15.2 Å². The highest BCUT2D eigenvalue weighted by atomic mass is 19.4. The minimum absolute atomic E-state index is 0.0142. The molecule has 28 heavy (non-hydrogen) atoms. The highest BCUT2D eigenvalue weighted by Crippen LogP contribution is 2.36. The van der Waals surface area contributed by atoms with Gasteiger partial charge in [-0.3, -0.25) is 10.1 Å². The Hall–Kier alpha value is -3.58. The maximum absolute atomic E-state index is 12.8. The molecule has 1 aliphatic heterocycles. The second kappa shape index (κ2) is 7.21. The van der Waals surface area contributed by atoms with Crippen LogP contribution in [0.4, 0.5) is 30.4 Å². The number of nitro groups is 1. The lowest BCUT2D eigenvalue weighted by Gasteiger charge is -2.36. The van der Waals surface area contributed by atoms with E-state index in [2.05, 4.69) is 20.1 Å². The molecular weight excluding hydrogens is 387 g/mol. The van der Waals surface area contributed by atoms with E-state index in [0.29, 0.717) is 6.07 Å². The number of nitrogen functional groups attached to an aromatic ring is 1. The third kappa shape index (κ3) is 3.60. The summed E-state index contributed by atoms with van der Waals surface area (Å²) in [5, 5.41) is 30.6. The number of nitro benzene ring substituents is 1. The first-order valence-electron chi connectivity index (χ1n) is 7.88. The largest absolute Gasteiger partial charge is 0.416 e. The molecule has 150 valence electrons. The van der Waals surface area contributed by atoms with Crippen molar-refractivity contribution in [3.63, 3.8) is 0 Å². The van der Waals surface area contributed by atoms with Crippen LogP contribution < -0.4 is 10.6 Å². The van der Waals surface area contributed by atoms with E-state index in [0.717, 1.165) is 12.1 Å². The van der Waals surface area contributed by atoms with Gasteiger partial charge in [-0.25, -0.2) is 4.63 Å². The SMILES string of the molecule is Nc1nonc1/C(=N/O)N1CCN(c2ccc(C(F)(F)F)cc2[N+](=O)[O-])CC1. The Morgan fingerprint density at radius 3 is 2.46 bits per heavy atom. The van der Waals surface area contributed by atoms with Crippen molar-refractivity contribution in [2.24, 2.45) is 5.16 Å². The van der Waals surface area contributed by atoms with Crippen molar-refractivity contribution >= 4 is 23.0 Å². The number of alkyl halides is 3. The van der Waals surface area contributed by atoms with Gasteiger partial charge in [0.05, 0.1) is 10.5 Å². The zero-order chi connectivity index (χ0) is 20.5. The normalized spacial score (nSPS) is 15.8. The van der Waals surface area contributed by atoms with Crippen LogP contribution in [0, 0.1) is 10.1 Å². The van der Waals surface area contributed by atoms with E-state index in [4.69, 9.17) is 5.73 Å². The summed E-state index contributed by atoms with van der Waals surface area (Å²) in [6.45, 7) is 0.917. The first-order chi connectivity index (χ1) is 13.2. The van der Waals surface area contributed by atoms with Gasteiger partial charge in [-0.15, -0.1) is 0 Å². The number of benzene rings is 1. The molecule has 0 aliphatic carbocycles. The Labute approximate surface area is 154 Å². The minimum Gasteiger partial charge on any atom is -0.409 e. The molecule has 0 unspecified atom stereocenters. The number of anilines is 2. The van der Waals surface area contributed by atoms with Gasteiger partial charge in [-0.2, -0.15) is 13.2 Å².